The van der Waals surface area contributed by atoms with Crippen LogP contribution in [-0.4, -0.2) is 22.2 Å². The standard InChI is InChI=1S/C26H25N3O2S/c1-26(2,3)21-13-11-19(12-14-21)16-23-24(30)29(18-22-10-7-15-31-22)25(32-23)28-27-17-20-8-5-4-6-9-20/h4-17H,18H2,1-3H3/b23-16-,27-17-,28-25+. The van der Waals surface area contributed by atoms with Gasteiger partial charge in [0, 0.05) is 0 Å². The van der Waals surface area contributed by atoms with Crippen molar-refractivity contribution in [1.82, 2.24) is 4.90 Å². The average Bonchev–Trinajstić information content (AvgIpc) is 3.39. The van der Waals surface area contributed by atoms with Crippen molar-refractivity contribution in [2.75, 3.05) is 0 Å². The van der Waals surface area contributed by atoms with E-state index in [0.29, 0.717) is 22.4 Å². The fraction of sp³-hybridized carbons (Fsp3) is 0.192. The maximum Gasteiger partial charge on any atom is 0.267 e. The van der Waals surface area contributed by atoms with Gasteiger partial charge in [-0.15, -0.1) is 5.10 Å². The van der Waals surface area contributed by atoms with Crippen molar-refractivity contribution in [1.29, 1.82) is 0 Å². The van der Waals surface area contributed by atoms with E-state index < -0.39 is 0 Å². The number of thioether (sulfide) groups is 1. The monoisotopic (exact) mass is 443 g/mol. The molecule has 0 atom stereocenters. The zero-order valence-corrected chi connectivity index (χ0v) is 19.2. The fourth-order valence-corrected chi connectivity index (χ4v) is 4.13. The summed E-state index contributed by atoms with van der Waals surface area (Å²) in [5.41, 5.74) is 3.25. The quantitative estimate of drug-likeness (QED) is 0.273. The number of benzene rings is 2. The van der Waals surface area contributed by atoms with Crippen LogP contribution in [0.3, 0.4) is 0 Å². The molecule has 0 aliphatic carbocycles. The highest BCUT2D eigenvalue weighted by Gasteiger charge is 2.34. The number of carbonyl (C=O) groups excluding carboxylic acids is 1. The largest absolute Gasteiger partial charge is 0.467 e. The van der Waals surface area contributed by atoms with Crippen molar-refractivity contribution >= 4 is 35.1 Å². The summed E-state index contributed by atoms with van der Waals surface area (Å²) in [5.74, 6) is 0.578. The molecular weight excluding hydrogens is 418 g/mol. The Labute approximate surface area is 192 Å². The van der Waals surface area contributed by atoms with Gasteiger partial charge in [0.05, 0.1) is 23.9 Å². The second-order valence-electron chi connectivity index (χ2n) is 8.49. The first-order valence-electron chi connectivity index (χ1n) is 10.4. The minimum Gasteiger partial charge on any atom is -0.467 e. The van der Waals surface area contributed by atoms with Gasteiger partial charge in [-0.2, -0.15) is 5.10 Å². The second kappa shape index (κ2) is 9.40. The molecule has 0 saturated carbocycles. The fourth-order valence-electron chi connectivity index (χ4n) is 3.20. The number of amides is 1. The van der Waals surface area contributed by atoms with E-state index in [2.05, 4.69) is 43.1 Å². The summed E-state index contributed by atoms with van der Waals surface area (Å²) >= 11 is 1.32. The molecule has 1 aromatic heterocycles. The Hall–Kier alpha value is -3.38. The van der Waals surface area contributed by atoms with Crippen molar-refractivity contribution in [2.24, 2.45) is 10.2 Å². The van der Waals surface area contributed by atoms with E-state index in [-0.39, 0.29) is 11.3 Å². The first-order chi connectivity index (χ1) is 15.4. The lowest BCUT2D eigenvalue weighted by Crippen LogP contribution is -2.28. The molecule has 1 aliphatic heterocycles. The van der Waals surface area contributed by atoms with Crippen LogP contribution in [0, 0.1) is 0 Å². The summed E-state index contributed by atoms with van der Waals surface area (Å²) in [6.07, 6.45) is 5.18. The van der Waals surface area contributed by atoms with Gasteiger partial charge in [-0.1, -0.05) is 75.4 Å². The van der Waals surface area contributed by atoms with Crippen molar-refractivity contribution in [3.05, 3.63) is 100 Å². The lowest BCUT2D eigenvalue weighted by Gasteiger charge is -2.18. The first-order valence-corrected chi connectivity index (χ1v) is 11.2. The molecule has 6 heteroatoms. The smallest absolute Gasteiger partial charge is 0.267 e. The van der Waals surface area contributed by atoms with Crippen molar-refractivity contribution in [2.45, 2.75) is 32.7 Å². The van der Waals surface area contributed by atoms with Crippen LogP contribution >= 0.6 is 11.8 Å². The summed E-state index contributed by atoms with van der Waals surface area (Å²) < 4.78 is 5.45. The Balaban J connectivity index is 1.60. The number of rotatable bonds is 5. The van der Waals surface area contributed by atoms with Crippen LogP contribution in [0.4, 0.5) is 0 Å². The van der Waals surface area contributed by atoms with Crippen LogP contribution in [0.15, 0.2) is 92.5 Å². The van der Waals surface area contributed by atoms with Crippen LogP contribution in [0.2, 0.25) is 0 Å². The van der Waals surface area contributed by atoms with Crippen LogP contribution in [0.5, 0.6) is 0 Å². The summed E-state index contributed by atoms with van der Waals surface area (Å²) in [6.45, 7) is 6.85. The number of hydrogen-bond donors (Lipinski definition) is 0. The van der Waals surface area contributed by atoms with Gasteiger partial charge in [-0.3, -0.25) is 9.69 Å². The van der Waals surface area contributed by atoms with E-state index in [4.69, 9.17) is 4.42 Å². The van der Waals surface area contributed by atoms with Gasteiger partial charge >= 0.3 is 0 Å². The van der Waals surface area contributed by atoms with Gasteiger partial charge in [0.1, 0.15) is 5.76 Å². The minimum atomic E-state index is -0.111. The molecule has 0 spiro atoms. The van der Waals surface area contributed by atoms with E-state index in [1.807, 2.05) is 54.6 Å². The third kappa shape index (κ3) is 5.26. The van der Waals surface area contributed by atoms with Crippen molar-refractivity contribution in [3.8, 4) is 0 Å². The lowest BCUT2D eigenvalue weighted by molar-refractivity contribution is -0.122. The van der Waals surface area contributed by atoms with E-state index >= 15 is 0 Å². The molecule has 4 rings (SSSR count). The van der Waals surface area contributed by atoms with Gasteiger partial charge in [-0.25, -0.2) is 0 Å². The molecule has 2 aromatic carbocycles. The number of hydrogen-bond acceptors (Lipinski definition) is 5. The Morgan fingerprint density at radius 1 is 0.969 bits per heavy atom. The highest BCUT2D eigenvalue weighted by Crippen LogP contribution is 2.34. The predicted octanol–water partition coefficient (Wildman–Crippen LogP) is 6.08. The molecule has 1 aliphatic rings. The second-order valence-corrected chi connectivity index (χ2v) is 9.50. The van der Waals surface area contributed by atoms with Gasteiger partial charge < -0.3 is 4.42 Å². The molecule has 32 heavy (non-hydrogen) atoms. The van der Waals surface area contributed by atoms with Crippen LogP contribution in [-0.2, 0) is 16.8 Å². The van der Waals surface area contributed by atoms with Crippen molar-refractivity contribution < 1.29 is 9.21 Å². The first kappa shape index (κ1) is 21.8. The molecule has 0 unspecified atom stereocenters. The maximum atomic E-state index is 13.2. The Bertz CT molecular complexity index is 1160. The van der Waals surface area contributed by atoms with E-state index in [1.54, 1.807) is 23.4 Å². The lowest BCUT2D eigenvalue weighted by atomic mass is 9.87. The highest BCUT2D eigenvalue weighted by atomic mass is 32.2. The zero-order valence-electron chi connectivity index (χ0n) is 18.4. The summed E-state index contributed by atoms with van der Waals surface area (Å²) in [6, 6.07) is 21.7. The third-order valence-electron chi connectivity index (χ3n) is 5.01. The average molecular weight is 444 g/mol. The van der Waals surface area contributed by atoms with Crippen LogP contribution in [0.1, 0.15) is 43.2 Å². The van der Waals surface area contributed by atoms with E-state index in [9.17, 15) is 4.79 Å². The molecule has 2 heterocycles. The van der Waals surface area contributed by atoms with Gasteiger partial charge in [0.15, 0.2) is 5.17 Å². The predicted molar refractivity (Wildman–Crippen MR) is 131 cm³/mol. The van der Waals surface area contributed by atoms with Gasteiger partial charge in [0.2, 0.25) is 0 Å². The van der Waals surface area contributed by atoms with Crippen LogP contribution in [0.25, 0.3) is 6.08 Å². The van der Waals surface area contributed by atoms with Gasteiger partial charge in [0.25, 0.3) is 5.91 Å². The molecule has 5 nitrogen and oxygen atoms in total. The Morgan fingerprint density at radius 3 is 2.38 bits per heavy atom. The minimum absolute atomic E-state index is 0.0834. The summed E-state index contributed by atoms with van der Waals surface area (Å²) in [7, 11) is 0. The molecule has 1 amide bonds. The topological polar surface area (TPSA) is 58.2 Å². The molecule has 0 radical (unpaired) electrons. The Kier molecular flexibility index (Phi) is 6.42. The molecule has 1 saturated heterocycles. The summed E-state index contributed by atoms with van der Waals surface area (Å²) in [5, 5.41) is 9.07. The number of carbonyl (C=O) groups is 1. The summed E-state index contributed by atoms with van der Waals surface area (Å²) in [4.78, 5) is 15.4. The normalized spacial score (nSPS) is 17.2. The molecular formula is C26H25N3O2S. The third-order valence-corrected chi connectivity index (χ3v) is 6.00. The zero-order chi connectivity index (χ0) is 22.6. The molecule has 0 bridgehead atoms. The van der Waals surface area contributed by atoms with Gasteiger partial charge in [-0.05, 0) is 52.1 Å². The van der Waals surface area contributed by atoms with Crippen molar-refractivity contribution in [3.63, 3.8) is 0 Å². The number of furan rings is 1. The number of nitrogens with zero attached hydrogens (tertiary/aromatic N) is 3. The van der Waals surface area contributed by atoms with E-state index in [1.165, 1.54) is 17.3 Å². The molecule has 1 fully saturated rings. The maximum absolute atomic E-state index is 13.2. The highest BCUT2D eigenvalue weighted by molar-refractivity contribution is 8.18. The SMILES string of the molecule is CC(C)(C)c1ccc(/C=C2\S/C(=N/N=C\c3ccccc3)N(Cc3ccco3)C2=O)cc1. The number of amidine groups is 1. The Morgan fingerprint density at radius 2 is 1.72 bits per heavy atom. The molecule has 0 N–H and O–H groups in total. The van der Waals surface area contributed by atoms with Crippen LogP contribution < -0.4 is 0 Å². The molecule has 3 aromatic rings. The van der Waals surface area contributed by atoms with E-state index in [0.717, 1.165) is 11.1 Å². The molecule has 162 valence electrons.